The van der Waals surface area contributed by atoms with Gasteiger partial charge in [0, 0.05) is 19.1 Å². The molecule has 0 saturated carbocycles. The lowest BCUT2D eigenvalue weighted by molar-refractivity contribution is -0.287. The summed E-state index contributed by atoms with van der Waals surface area (Å²) in [5.74, 6) is -2.22. The van der Waals surface area contributed by atoms with Gasteiger partial charge in [0.05, 0.1) is 12.5 Å². The van der Waals surface area contributed by atoms with Crippen molar-refractivity contribution in [3.8, 4) is 0 Å². The third-order valence-electron chi connectivity index (χ3n) is 5.72. The molecular formula is C23H21F3O6. The van der Waals surface area contributed by atoms with Crippen LogP contribution in [0.1, 0.15) is 30.1 Å². The average Bonchev–Trinajstić information content (AvgIpc) is 2.76. The van der Waals surface area contributed by atoms with Gasteiger partial charge >= 0.3 is 18.1 Å². The van der Waals surface area contributed by atoms with Crippen molar-refractivity contribution in [1.29, 1.82) is 0 Å². The maximum absolute atomic E-state index is 14.3. The molecule has 170 valence electrons. The molecule has 2 heterocycles. The zero-order chi connectivity index (χ0) is 22.9. The van der Waals surface area contributed by atoms with Crippen LogP contribution in [0.2, 0.25) is 0 Å². The van der Waals surface area contributed by atoms with Crippen LogP contribution in [0.5, 0.6) is 0 Å². The second-order valence-corrected chi connectivity index (χ2v) is 7.68. The van der Waals surface area contributed by atoms with Crippen LogP contribution < -0.4 is 0 Å². The fourth-order valence-electron chi connectivity index (χ4n) is 4.22. The summed E-state index contributed by atoms with van der Waals surface area (Å²) in [5.41, 5.74) is -3.19. The molecule has 9 heteroatoms. The Labute approximate surface area is 182 Å². The van der Waals surface area contributed by atoms with E-state index in [9.17, 15) is 22.8 Å². The molecule has 4 rings (SSSR count). The molecule has 0 spiro atoms. The SMILES string of the molecule is CO[C@@](C(=O)O[C@H]1[C@@H]2C[C@@H](CC(=O)O2)O[C@@H]1c1ccccc1)(c1ccccc1)C(F)(F)F. The van der Waals surface area contributed by atoms with E-state index in [1.165, 1.54) is 18.2 Å². The smallest absolute Gasteiger partial charge is 0.432 e. The van der Waals surface area contributed by atoms with Crippen molar-refractivity contribution in [2.75, 3.05) is 7.11 Å². The van der Waals surface area contributed by atoms with E-state index in [1.807, 2.05) is 0 Å². The third-order valence-corrected chi connectivity index (χ3v) is 5.72. The Balaban J connectivity index is 1.72. The highest BCUT2D eigenvalue weighted by Crippen LogP contribution is 2.45. The molecule has 0 N–H and O–H groups in total. The van der Waals surface area contributed by atoms with Crippen molar-refractivity contribution < 1.29 is 41.7 Å². The van der Waals surface area contributed by atoms with Gasteiger partial charge in [-0.1, -0.05) is 60.7 Å². The minimum absolute atomic E-state index is 0.0229. The molecule has 2 aliphatic rings. The molecule has 0 amide bonds. The van der Waals surface area contributed by atoms with Crippen LogP contribution in [0.4, 0.5) is 13.2 Å². The second-order valence-electron chi connectivity index (χ2n) is 7.68. The number of hydrogen-bond acceptors (Lipinski definition) is 6. The fraction of sp³-hybridized carbons (Fsp3) is 0.391. The predicted octanol–water partition coefficient (Wildman–Crippen LogP) is 3.85. The van der Waals surface area contributed by atoms with E-state index in [0.717, 1.165) is 19.2 Å². The zero-order valence-corrected chi connectivity index (χ0v) is 17.1. The molecule has 0 aromatic heterocycles. The second kappa shape index (κ2) is 8.55. The number of halogens is 3. The van der Waals surface area contributed by atoms with Gasteiger partial charge in [-0.25, -0.2) is 4.79 Å². The normalized spacial score (nSPS) is 27.2. The minimum Gasteiger partial charge on any atom is -0.458 e. The molecule has 2 aliphatic heterocycles. The molecular weight excluding hydrogens is 429 g/mol. The van der Waals surface area contributed by atoms with Crippen molar-refractivity contribution in [3.63, 3.8) is 0 Å². The molecule has 0 radical (unpaired) electrons. The summed E-state index contributed by atoms with van der Waals surface area (Å²) >= 11 is 0. The van der Waals surface area contributed by atoms with Crippen LogP contribution in [0, 0.1) is 0 Å². The van der Waals surface area contributed by atoms with Crippen molar-refractivity contribution in [2.24, 2.45) is 0 Å². The van der Waals surface area contributed by atoms with Crippen LogP contribution >= 0.6 is 0 Å². The fourth-order valence-corrected chi connectivity index (χ4v) is 4.22. The number of fused-ring (bicyclic) bond motifs is 2. The number of benzene rings is 2. The van der Waals surface area contributed by atoms with Crippen LogP contribution in [0.15, 0.2) is 60.7 Å². The summed E-state index contributed by atoms with van der Waals surface area (Å²) in [5, 5.41) is 0. The Morgan fingerprint density at radius 3 is 2.25 bits per heavy atom. The Bertz CT molecular complexity index is 965. The Morgan fingerprint density at radius 2 is 1.66 bits per heavy atom. The number of carbonyl (C=O) groups is 2. The molecule has 2 bridgehead atoms. The monoisotopic (exact) mass is 450 g/mol. The van der Waals surface area contributed by atoms with Gasteiger partial charge in [0.25, 0.3) is 5.60 Å². The van der Waals surface area contributed by atoms with Gasteiger partial charge in [-0.3, -0.25) is 4.79 Å². The highest BCUT2D eigenvalue weighted by atomic mass is 19.4. The number of alkyl halides is 3. The van der Waals surface area contributed by atoms with E-state index in [2.05, 4.69) is 0 Å². The van der Waals surface area contributed by atoms with Crippen molar-refractivity contribution >= 4 is 11.9 Å². The predicted molar refractivity (Wildman–Crippen MR) is 104 cm³/mol. The lowest BCUT2D eigenvalue weighted by atomic mass is 9.89. The number of rotatable bonds is 5. The highest BCUT2D eigenvalue weighted by molar-refractivity contribution is 5.83. The molecule has 0 aliphatic carbocycles. The average molecular weight is 450 g/mol. The first-order valence-electron chi connectivity index (χ1n) is 10.0. The lowest BCUT2D eigenvalue weighted by Gasteiger charge is -2.44. The largest absolute Gasteiger partial charge is 0.458 e. The first kappa shape index (κ1) is 22.3. The number of esters is 2. The van der Waals surface area contributed by atoms with Crippen LogP contribution in [0.25, 0.3) is 0 Å². The molecule has 2 aromatic carbocycles. The summed E-state index contributed by atoms with van der Waals surface area (Å²) in [6.45, 7) is 0. The van der Waals surface area contributed by atoms with Gasteiger partial charge in [0.2, 0.25) is 0 Å². The van der Waals surface area contributed by atoms with Gasteiger partial charge in [0.15, 0.2) is 6.10 Å². The van der Waals surface area contributed by atoms with Gasteiger partial charge in [-0.2, -0.15) is 13.2 Å². The van der Waals surface area contributed by atoms with Gasteiger partial charge in [-0.05, 0) is 5.56 Å². The zero-order valence-electron chi connectivity index (χ0n) is 17.1. The lowest BCUT2D eigenvalue weighted by Crippen LogP contribution is -2.57. The first-order valence-corrected chi connectivity index (χ1v) is 10.0. The van der Waals surface area contributed by atoms with E-state index < -0.39 is 53.7 Å². The number of carbonyl (C=O) groups excluding carboxylic acids is 2. The summed E-state index contributed by atoms with van der Waals surface area (Å²) in [4.78, 5) is 25.1. The number of methoxy groups -OCH3 is 1. The van der Waals surface area contributed by atoms with Crippen molar-refractivity contribution in [1.82, 2.24) is 0 Å². The molecule has 2 saturated heterocycles. The molecule has 0 unspecified atom stereocenters. The Hall–Kier alpha value is -2.91. The van der Waals surface area contributed by atoms with Crippen LogP contribution in [-0.4, -0.2) is 43.5 Å². The van der Waals surface area contributed by atoms with E-state index in [1.54, 1.807) is 30.3 Å². The summed E-state index contributed by atoms with van der Waals surface area (Å²) in [6, 6.07) is 15.2. The van der Waals surface area contributed by atoms with Crippen LogP contribution in [0.3, 0.4) is 0 Å². The van der Waals surface area contributed by atoms with Gasteiger partial charge in [0.1, 0.15) is 12.2 Å². The minimum atomic E-state index is -5.12. The van der Waals surface area contributed by atoms with E-state index >= 15 is 0 Å². The van der Waals surface area contributed by atoms with Gasteiger partial charge < -0.3 is 18.9 Å². The first-order chi connectivity index (χ1) is 15.3. The number of ether oxygens (including phenoxy) is 4. The molecule has 2 aromatic rings. The topological polar surface area (TPSA) is 71.1 Å². The standard InChI is InChI=1S/C23H21F3O6/c1-29-22(23(24,25)26,15-10-6-3-7-11-15)21(28)32-20-17-12-16(13-18(27)31-17)30-19(20)14-8-4-2-5-9-14/h2-11,16-17,19-20H,12-13H2,1H3/t16-,17-,19+,20-,22+/m0/s1. The van der Waals surface area contributed by atoms with Crippen molar-refractivity contribution in [2.45, 2.75) is 49.0 Å². The van der Waals surface area contributed by atoms with E-state index in [4.69, 9.17) is 18.9 Å². The third kappa shape index (κ3) is 3.86. The van der Waals surface area contributed by atoms with E-state index in [-0.39, 0.29) is 12.8 Å². The molecule has 6 nitrogen and oxygen atoms in total. The maximum Gasteiger partial charge on any atom is 0.432 e. The molecule has 2 fully saturated rings. The van der Waals surface area contributed by atoms with Gasteiger partial charge in [-0.15, -0.1) is 0 Å². The quantitative estimate of drug-likeness (QED) is 0.645. The Morgan fingerprint density at radius 1 is 1.03 bits per heavy atom. The summed E-state index contributed by atoms with van der Waals surface area (Å²) in [7, 11) is 0.796. The maximum atomic E-state index is 14.3. The molecule has 32 heavy (non-hydrogen) atoms. The van der Waals surface area contributed by atoms with Crippen molar-refractivity contribution in [3.05, 3.63) is 71.8 Å². The Kier molecular flexibility index (Phi) is 5.96. The highest BCUT2D eigenvalue weighted by Gasteiger charge is 2.65. The molecule has 5 atom stereocenters. The summed E-state index contributed by atoms with van der Waals surface area (Å²) in [6.07, 6.45) is -8.50. The number of hydrogen-bond donors (Lipinski definition) is 0. The van der Waals surface area contributed by atoms with Crippen LogP contribution in [-0.2, 0) is 34.1 Å². The summed E-state index contributed by atoms with van der Waals surface area (Å²) < 4.78 is 64.3. The van der Waals surface area contributed by atoms with E-state index in [0.29, 0.717) is 5.56 Å².